The smallest absolute Gasteiger partial charge is 0.159 e. The summed E-state index contributed by atoms with van der Waals surface area (Å²) in [5.74, 6) is 0. The third kappa shape index (κ3) is 13.1. The lowest BCUT2D eigenvalue weighted by atomic mass is 9.97. The van der Waals surface area contributed by atoms with Gasteiger partial charge >= 0.3 is 0 Å². The molecule has 0 saturated carbocycles. The number of benzene rings is 24. The van der Waals surface area contributed by atoms with Gasteiger partial charge in [-0.1, -0.05) is 267 Å². The van der Waals surface area contributed by atoms with Gasteiger partial charge in [0.1, 0.15) is 22.3 Å². The van der Waals surface area contributed by atoms with Crippen LogP contribution in [0.1, 0.15) is 22.3 Å². The summed E-state index contributed by atoms with van der Waals surface area (Å²) < 4.78 is 31.9. The first-order valence-electron chi connectivity index (χ1n) is 51.4. The molecular formula is C140H90N6O4. The van der Waals surface area contributed by atoms with Crippen molar-refractivity contribution in [3.63, 3.8) is 0 Å². The van der Waals surface area contributed by atoms with Crippen LogP contribution in [0.15, 0.2) is 491 Å². The number of para-hydroxylation sites is 10. The molecular weight excluding hydrogens is 1830 g/mol. The molecule has 0 bridgehead atoms. The maximum absolute atomic E-state index is 6.71. The molecule has 0 saturated heterocycles. The van der Waals surface area contributed by atoms with Gasteiger partial charge in [0.15, 0.2) is 22.3 Å². The highest BCUT2D eigenvalue weighted by molar-refractivity contribution is 6.30. The summed E-state index contributed by atoms with van der Waals surface area (Å²) >= 11 is 0. The van der Waals surface area contributed by atoms with Crippen molar-refractivity contribution in [3.8, 4) is 22.3 Å². The highest BCUT2D eigenvalue weighted by Gasteiger charge is 2.31. The van der Waals surface area contributed by atoms with Crippen molar-refractivity contribution in [1.82, 2.24) is 8.80 Å². The van der Waals surface area contributed by atoms with E-state index >= 15 is 0 Å². The lowest BCUT2D eigenvalue weighted by molar-refractivity contribution is 0.668. The van der Waals surface area contributed by atoms with Crippen LogP contribution in [0.5, 0.6) is 0 Å². The second kappa shape index (κ2) is 32.9. The number of nitrogens with zero attached hydrogens (tertiary/aromatic N) is 6. The van der Waals surface area contributed by atoms with Crippen LogP contribution in [-0.4, -0.2) is 8.80 Å². The molecule has 0 radical (unpaired) electrons. The highest BCUT2D eigenvalue weighted by atomic mass is 16.3. The standard InChI is InChI=1S/2C70H45N3O2/c1-42-16-6-10-24-60(42)71(62-26-14-22-54-52-20-8-12-28-66(52)74-69(54)62)50-32-30-45-36-56-58-38-49(44-18-4-3-5-19-44)39-59-57-37-46-31-33-51(35-48(46)41-65(57)73(68(58)59)64(56)40-47(45)34-50)72(61-25-11-7-17-43(61)2)63-27-15-23-55-53-21-9-13-29-67(53)75-70(55)63;1-42-14-10-18-50(32-42)71(62-24-12-22-56-54-20-6-8-26-66(54)74-69(56)62)52-30-28-45-36-58-60-38-49(44-16-4-3-5-17-44)39-61-59-37-46-29-31-53(35-48(46)41-65(59)73(68(60)61)64(58)40-47(45)34-52)72(51-19-11-15-43(2)33-51)63-25-13-23-57-55-21-7-9-27-67(55)75-70(57)63/h2*3-41H,1-2H3. The highest BCUT2D eigenvalue weighted by Crippen LogP contribution is 2.54. The first-order valence-corrected chi connectivity index (χ1v) is 51.4. The van der Waals surface area contributed by atoms with Crippen molar-refractivity contribution in [2.45, 2.75) is 27.7 Å². The fourth-order valence-corrected chi connectivity index (χ4v) is 24.6. The molecule has 10 heteroatoms. The summed E-state index contributed by atoms with van der Waals surface area (Å²) in [5, 5.41) is 28.1. The SMILES string of the molecule is Cc1cccc(N(c2ccc3cc4c5cc(-c6ccccc6)cc6c7cc8ccc(N(c9cccc(C)c9)c9cccc%10c9oc9ccccc9%10)cc8cc7n(c4cc3c2)c56)c2cccc3c2oc2ccccc23)c1.Cc1ccccc1N(c1ccc2cc3c4cc(-c5ccccc5)cc5c6cc7ccc(N(c8ccccc8C)c8cccc9c8oc8ccccc89)cc7cc6n(c3cc2c1)c45)c1cccc2c1oc1ccccc12. The Hall–Kier alpha value is -19.7. The van der Waals surface area contributed by atoms with Crippen LogP contribution in [0.2, 0.25) is 0 Å². The Balaban J connectivity index is 0.000000135. The fraction of sp³-hybridized carbons (Fsp3) is 0.0286. The van der Waals surface area contributed by atoms with E-state index in [9.17, 15) is 0 Å². The van der Waals surface area contributed by atoms with Gasteiger partial charge in [0.2, 0.25) is 0 Å². The fourth-order valence-electron chi connectivity index (χ4n) is 24.6. The predicted molar refractivity (Wildman–Crippen MR) is 630 cm³/mol. The molecule has 32 rings (SSSR count). The number of hydrogen-bond donors (Lipinski definition) is 0. The second-order valence-corrected chi connectivity index (χ2v) is 40.4. The topological polar surface area (TPSA) is 74.3 Å². The Bertz CT molecular complexity index is 10700. The van der Waals surface area contributed by atoms with Crippen molar-refractivity contribution in [2.75, 3.05) is 19.6 Å². The third-order valence-corrected chi connectivity index (χ3v) is 31.5. The quantitative estimate of drug-likeness (QED) is 0.107. The molecule has 0 fully saturated rings. The van der Waals surface area contributed by atoms with Gasteiger partial charge in [-0.2, -0.15) is 0 Å². The molecule has 0 aliphatic carbocycles. The van der Waals surface area contributed by atoms with Crippen LogP contribution in [0.3, 0.4) is 0 Å². The molecule has 32 aromatic rings. The van der Waals surface area contributed by atoms with Crippen molar-refractivity contribution in [1.29, 1.82) is 0 Å². The molecule has 0 atom stereocenters. The molecule has 0 N–H and O–H groups in total. The first-order chi connectivity index (χ1) is 74.0. The normalized spacial score (nSPS) is 12.1. The van der Waals surface area contributed by atoms with Gasteiger partial charge < -0.3 is 46.1 Å². The number of rotatable bonds is 14. The Morgan fingerprint density at radius 1 is 0.160 bits per heavy atom. The molecule has 24 aromatic carbocycles. The summed E-state index contributed by atoms with van der Waals surface area (Å²) in [7, 11) is 0. The van der Waals surface area contributed by atoms with E-state index in [0.717, 1.165) is 178 Å². The average molecular weight is 1920 g/mol. The zero-order chi connectivity index (χ0) is 98.9. The maximum atomic E-state index is 6.71. The Morgan fingerprint density at radius 3 is 0.720 bits per heavy atom. The van der Waals surface area contributed by atoms with Gasteiger partial charge in [0, 0.05) is 132 Å². The molecule has 0 amide bonds. The molecule has 8 heterocycles. The van der Waals surface area contributed by atoms with E-state index < -0.39 is 0 Å². The summed E-state index contributed by atoms with van der Waals surface area (Å²) in [4.78, 5) is 9.45. The first kappa shape index (κ1) is 84.8. The van der Waals surface area contributed by atoms with Gasteiger partial charge in [-0.3, -0.25) is 0 Å². The molecule has 150 heavy (non-hydrogen) atoms. The zero-order valence-corrected chi connectivity index (χ0v) is 82.3. The molecule has 0 spiro atoms. The van der Waals surface area contributed by atoms with Crippen LogP contribution in [0.25, 0.3) is 229 Å². The minimum Gasteiger partial charge on any atom is -0.454 e. The van der Waals surface area contributed by atoms with Crippen molar-refractivity contribution < 1.29 is 17.7 Å². The van der Waals surface area contributed by atoms with Crippen LogP contribution in [0.4, 0.5) is 68.2 Å². The lowest BCUT2D eigenvalue weighted by Gasteiger charge is -2.27. The monoisotopic (exact) mass is 1920 g/mol. The Morgan fingerprint density at radius 2 is 0.413 bits per heavy atom. The van der Waals surface area contributed by atoms with Crippen molar-refractivity contribution in [2.24, 2.45) is 0 Å². The van der Waals surface area contributed by atoms with Crippen LogP contribution >= 0.6 is 0 Å². The van der Waals surface area contributed by atoms with Gasteiger partial charge in [-0.25, -0.2) is 0 Å². The molecule has 0 aliphatic rings. The van der Waals surface area contributed by atoms with E-state index in [0.29, 0.717) is 0 Å². The summed E-state index contributed by atoms with van der Waals surface area (Å²) in [5.41, 5.74) is 36.3. The zero-order valence-electron chi connectivity index (χ0n) is 82.3. The van der Waals surface area contributed by atoms with E-state index in [1.807, 2.05) is 24.3 Å². The third-order valence-electron chi connectivity index (χ3n) is 31.5. The summed E-state index contributed by atoms with van der Waals surface area (Å²) in [6, 6.07) is 172. The Kier molecular flexibility index (Phi) is 18.6. The van der Waals surface area contributed by atoms with E-state index in [-0.39, 0.29) is 0 Å². The van der Waals surface area contributed by atoms with E-state index in [4.69, 9.17) is 17.7 Å². The minimum absolute atomic E-state index is 0.865. The lowest BCUT2D eigenvalue weighted by Crippen LogP contribution is -2.11. The summed E-state index contributed by atoms with van der Waals surface area (Å²) in [6.07, 6.45) is 0. The number of anilines is 12. The van der Waals surface area contributed by atoms with Gasteiger partial charge in [0.05, 0.1) is 55.8 Å². The van der Waals surface area contributed by atoms with Gasteiger partial charge in [-0.15, -0.1) is 0 Å². The van der Waals surface area contributed by atoms with Crippen molar-refractivity contribution in [3.05, 3.63) is 495 Å². The van der Waals surface area contributed by atoms with E-state index in [1.165, 1.54) is 142 Å². The maximum Gasteiger partial charge on any atom is 0.159 e. The summed E-state index contributed by atoms with van der Waals surface area (Å²) in [6.45, 7) is 8.69. The number of hydrogen-bond acceptors (Lipinski definition) is 8. The number of aromatic nitrogens is 2. The second-order valence-electron chi connectivity index (χ2n) is 40.4. The van der Waals surface area contributed by atoms with Crippen LogP contribution in [0, 0.1) is 27.7 Å². The van der Waals surface area contributed by atoms with Gasteiger partial charge in [-0.05, 0) is 322 Å². The van der Waals surface area contributed by atoms with E-state index in [2.05, 4.69) is 505 Å². The molecule has 0 aliphatic heterocycles. The van der Waals surface area contributed by atoms with Crippen LogP contribution in [-0.2, 0) is 0 Å². The van der Waals surface area contributed by atoms with Gasteiger partial charge in [0.25, 0.3) is 0 Å². The Labute approximate surface area is 860 Å². The number of fused-ring (bicyclic) bond motifs is 28. The number of aryl methyl sites for hydroxylation is 4. The van der Waals surface area contributed by atoms with Crippen LogP contribution < -0.4 is 19.6 Å². The molecule has 704 valence electrons. The molecule has 10 nitrogen and oxygen atoms in total. The number of furan rings is 4. The molecule has 8 aromatic heterocycles. The minimum atomic E-state index is 0.865. The average Bonchev–Trinajstić information content (AvgIpc) is 1.53. The largest absolute Gasteiger partial charge is 0.454 e. The van der Waals surface area contributed by atoms with Crippen molar-refractivity contribution >= 4 is 275 Å². The van der Waals surface area contributed by atoms with E-state index in [1.54, 1.807) is 0 Å². The predicted octanol–water partition coefficient (Wildman–Crippen LogP) is 40.3. The molecule has 0 unspecified atom stereocenters.